The van der Waals surface area contributed by atoms with Gasteiger partial charge < -0.3 is 27.3 Å². The number of imidazole rings is 1. The maximum atomic E-state index is 12.9. The molecular formula is C17H24N10O4S2. The third-order valence-corrected chi connectivity index (χ3v) is 6.87. The monoisotopic (exact) mass is 496 g/mol. The number of fused-ring (bicyclic) bond motifs is 1. The van der Waals surface area contributed by atoms with E-state index in [0.29, 0.717) is 16.6 Å². The number of primary sulfonamides is 1. The van der Waals surface area contributed by atoms with Gasteiger partial charge in [0, 0.05) is 23.7 Å². The number of hydrogen-bond donors (Lipinski definition) is 9. The molecule has 0 aliphatic carbocycles. The molecule has 0 radical (unpaired) electrons. The number of hydrazine groups is 1. The van der Waals surface area contributed by atoms with Gasteiger partial charge in [0.2, 0.25) is 10.0 Å². The molecule has 0 saturated carbocycles. The van der Waals surface area contributed by atoms with Gasteiger partial charge in [-0.25, -0.2) is 38.8 Å². The molecule has 0 aliphatic rings. The Morgan fingerprint density at radius 3 is 2.64 bits per heavy atom. The van der Waals surface area contributed by atoms with Gasteiger partial charge in [-0.1, -0.05) is 18.2 Å². The third kappa shape index (κ3) is 5.11. The Labute approximate surface area is 191 Å². The van der Waals surface area contributed by atoms with Gasteiger partial charge in [-0.05, 0) is 17.7 Å². The summed E-state index contributed by atoms with van der Waals surface area (Å²) < 4.78 is 40.8. The number of nitrogens with one attached hydrogen (secondary N) is 3. The Kier molecular flexibility index (Phi) is 7.28. The number of benzene rings is 2. The van der Waals surface area contributed by atoms with E-state index in [2.05, 4.69) is 19.8 Å². The van der Waals surface area contributed by atoms with E-state index in [-0.39, 0.29) is 41.0 Å². The number of amidine groups is 1. The minimum absolute atomic E-state index is 0.0654. The van der Waals surface area contributed by atoms with E-state index in [4.69, 9.17) is 33.3 Å². The highest BCUT2D eigenvalue weighted by atomic mass is 32.2. The summed E-state index contributed by atoms with van der Waals surface area (Å²) in [5, 5.41) is 18.3. The standard InChI is InChI=1S/C17H24N10O4S2/c18-8(7-28)6-23-32(29)12-5-4-9(10-2-1-3-11-14(10)25-17(20)24-11)13(16(19)26-27-21)15(12)33(22,30)31/h1-5,8,23,27-28H,6-7,18,21H2,(H2,19,26)(H3,20,24,25)(H2,22,30,31). The Bertz CT molecular complexity index is 1340. The number of hydrazone groups is 1. The van der Waals surface area contributed by atoms with Gasteiger partial charge in [0.05, 0.1) is 22.5 Å². The predicted octanol–water partition coefficient (Wildman–Crippen LogP) is -2.53. The Morgan fingerprint density at radius 2 is 2.00 bits per heavy atom. The van der Waals surface area contributed by atoms with Crippen LogP contribution in [0.4, 0.5) is 5.95 Å². The van der Waals surface area contributed by atoms with E-state index in [0.717, 1.165) is 0 Å². The van der Waals surface area contributed by atoms with Crippen LogP contribution in [0.5, 0.6) is 0 Å². The number of anilines is 1. The van der Waals surface area contributed by atoms with Crippen molar-refractivity contribution in [3.63, 3.8) is 0 Å². The molecule has 1 aromatic heterocycles. The second-order valence-electron chi connectivity index (χ2n) is 6.87. The molecule has 0 spiro atoms. The highest BCUT2D eigenvalue weighted by Gasteiger charge is 2.29. The molecule has 0 amide bonds. The van der Waals surface area contributed by atoms with E-state index >= 15 is 0 Å². The van der Waals surface area contributed by atoms with Crippen LogP contribution in [0.2, 0.25) is 0 Å². The maximum absolute atomic E-state index is 12.9. The fourth-order valence-electron chi connectivity index (χ4n) is 3.19. The third-order valence-electron chi connectivity index (χ3n) is 4.58. The van der Waals surface area contributed by atoms with Crippen molar-refractivity contribution >= 4 is 43.8 Å². The fraction of sp³-hybridized carbons (Fsp3) is 0.176. The van der Waals surface area contributed by atoms with Gasteiger partial charge >= 0.3 is 0 Å². The maximum Gasteiger partial charge on any atom is 0.240 e. The lowest BCUT2D eigenvalue weighted by Gasteiger charge is -2.18. The van der Waals surface area contributed by atoms with Gasteiger partial charge in [-0.15, -0.1) is 5.10 Å². The van der Waals surface area contributed by atoms with E-state index in [9.17, 15) is 12.6 Å². The van der Waals surface area contributed by atoms with Gasteiger partial charge in [-0.2, -0.15) is 0 Å². The van der Waals surface area contributed by atoms with Crippen LogP contribution in [0.3, 0.4) is 0 Å². The van der Waals surface area contributed by atoms with E-state index in [1.807, 2.05) is 5.53 Å². The molecule has 0 saturated heterocycles. The molecule has 2 atom stereocenters. The molecule has 3 aromatic rings. The lowest BCUT2D eigenvalue weighted by molar-refractivity contribution is 0.266. The zero-order valence-electron chi connectivity index (χ0n) is 17.1. The Morgan fingerprint density at radius 1 is 1.27 bits per heavy atom. The first-order valence-electron chi connectivity index (χ1n) is 9.33. The number of aliphatic hydroxyl groups excluding tert-OH is 1. The molecule has 178 valence electrons. The highest BCUT2D eigenvalue weighted by Crippen LogP contribution is 2.35. The highest BCUT2D eigenvalue weighted by molar-refractivity contribution is 7.90. The summed E-state index contributed by atoms with van der Waals surface area (Å²) in [6.45, 7) is -0.432. The number of H-pyrrole nitrogens is 1. The minimum atomic E-state index is -4.49. The summed E-state index contributed by atoms with van der Waals surface area (Å²) in [5.74, 6) is 5.08. The largest absolute Gasteiger partial charge is 0.395 e. The van der Waals surface area contributed by atoms with Crippen LogP contribution < -0.4 is 38.4 Å². The number of nitrogen functional groups attached to an aromatic ring is 1. The number of rotatable bonds is 9. The lowest BCUT2D eigenvalue weighted by atomic mass is 9.97. The van der Waals surface area contributed by atoms with E-state index in [1.54, 1.807) is 18.2 Å². The number of aromatic nitrogens is 2. The average Bonchev–Trinajstić information content (AvgIpc) is 3.15. The molecule has 33 heavy (non-hydrogen) atoms. The van der Waals surface area contributed by atoms with Crippen LogP contribution >= 0.6 is 0 Å². The number of sulfonamides is 1. The number of hydrogen-bond acceptors (Lipinski definition) is 10. The quantitative estimate of drug-likeness (QED) is 0.0648. The van der Waals surface area contributed by atoms with Crippen molar-refractivity contribution in [3.8, 4) is 11.1 Å². The molecule has 2 unspecified atom stereocenters. The number of para-hydroxylation sites is 1. The van der Waals surface area contributed by atoms with E-state index in [1.165, 1.54) is 12.1 Å². The van der Waals surface area contributed by atoms with Crippen LogP contribution in [0, 0.1) is 0 Å². The molecule has 2 aromatic carbocycles. The van der Waals surface area contributed by atoms with Crippen LogP contribution in [0.15, 0.2) is 45.2 Å². The summed E-state index contributed by atoms with van der Waals surface area (Å²) in [6.07, 6.45) is 0. The SMILES string of the molecule is NN/N=C(\N)c1c(-c2cccc3[nH]c(N)nc23)ccc(S(=O)NCC(N)CO)c1S(N)(=O)=O. The van der Waals surface area contributed by atoms with Gasteiger partial charge in [-0.3, -0.25) is 0 Å². The zero-order chi connectivity index (χ0) is 24.3. The number of aromatic amines is 1. The van der Waals surface area contributed by atoms with Crippen molar-refractivity contribution in [1.82, 2.24) is 20.2 Å². The topological polar surface area (TPSA) is 267 Å². The van der Waals surface area contributed by atoms with Gasteiger partial charge in [0.1, 0.15) is 15.9 Å². The van der Waals surface area contributed by atoms with Crippen molar-refractivity contribution in [1.29, 1.82) is 0 Å². The molecule has 0 bridgehead atoms. The average molecular weight is 497 g/mol. The summed E-state index contributed by atoms with van der Waals surface area (Å²) in [5.41, 5.74) is 21.1. The summed E-state index contributed by atoms with van der Waals surface area (Å²) in [6, 6.07) is 7.22. The van der Waals surface area contributed by atoms with Crippen molar-refractivity contribution in [2.45, 2.75) is 15.8 Å². The van der Waals surface area contributed by atoms with Crippen LogP contribution in [-0.2, 0) is 21.0 Å². The fourth-order valence-corrected chi connectivity index (χ4v) is 5.60. The molecule has 0 fully saturated rings. The van der Waals surface area contributed by atoms with Crippen molar-refractivity contribution < 1.29 is 17.7 Å². The number of aliphatic hydroxyl groups is 1. The normalized spacial score (nSPS) is 14.4. The van der Waals surface area contributed by atoms with Crippen molar-refractivity contribution in [2.24, 2.45) is 27.6 Å². The van der Waals surface area contributed by atoms with Crippen molar-refractivity contribution in [2.75, 3.05) is 18.9 Å². The predicted molar refractivity (Wildman–Crippen MR) is 125 cm³/mol. The molecule has 3 rings (SSSR count). The van der Waals surface area contributed by atoms with E-state index < -0.39 is 31.9 Å². The van der Waals surface area contributed by atoms with Gasteiger partial charge in [0.15, 0.2) is 11.8 Å². The van der Waals surface area contributed by atoms with Crippen LogP contribution in [-0.4, -0.2) is 52.7 Å². The molecular weight excluding hydrogens is 472 g/mol. The Balaban J connectivity index is 2.34. The molecule has 14 nitrogen and oxygen atoms in total. The second kappa shape index (κ2) is 9.79. The molecule has 0 aliphatic heterocycles. The summed E-state index contributed by atoms with van der Waals surface area (Å²) >= 11 is 0. The summed E-state index contributed by atoms with van der Waals surface area (Å²) in [4.78, 5) is 6.43. The zero-order valence-corrected chi connectivity index (χ0v) is 18.8. The number of nitrogens with two attached hydrogens (primary N) is 5. The van der Waals surface area contributed by atoms with Crippen LogP contribution in [0.25, 0.3) is 22.2 Å². The minimum Gasteiger partial charge on any atom is -0.395 e. The summed E-state index contributed by atoms with van der Waals surface area (Å²) in [7, 11) is -6.58. The second-order valence-corrected chi connectivity index (χ2v) is 9.63. The first-order chi connectivity index (χ1) is 15.6. The molecule has 14 N–H and O–H groups in total. The van der Waals surface area contributed by atoms with Crippen LogP contribution in [0.1, 0.15) is 5.56 Å². The Hall–Kier alpha value is -3.12. The van der Waals surface area contributed by atoms with Crippen molar-refractivity contribution in [3.05, 3.63) is 35.9 Å². The molecule has 16 heteroatoms. The number of nitrogens with zero attached hydrogens (tertiary/aromatic N) is 2. The lowest BCUT2D eigenvalue weighted by Crippen LogP contribution is -2.38. The first-order valence-corrected chi connectivity index (χ1v) is 12.0. The smallest absolute Gasteiger partial charge is 0.240 e. The molecule has 1 heterocycles. The first kappa shape index (κ1) is 24.5. The van der Waals surface area contributed by atoms with Gasteiger partial charge in [0.25, 0.3) is 0 Å².